The Hall–Kier alpha value is -2.19. The van der Waals surface area contributed by atoms with E-state index >= 15 is 0 Å². The van der Waals surface area contributed by atoms with Crippen molar-refractivity contribution in [2.45, 2.75) is 18.8 Å². The van der Waals surface area contributed by atoms with Gasteiger partial charge in [-0.1, -0.05) is 12.1 Å². The van der Waals surface area contributed by atoms with Crippen molar-refractivity contribution in [3.8, 4) is 0 Å². The van der Waals surface area contributed by atoms with Gasteiger partial charge in [-0.25, -0.2) is 0 Å². The summed E-state index contributed by atoms with van der Waals surface area (Å²) >= 11 is 7.34. The standard InChI is InChI=1S/C25H39IN6O8S/c1-28(26)25(41)27-19-4-2-18(3-5-19)12-20-13-31(16-23(37)38)9-8-29(14-21(33)34)6-7-30(15-22(35)36)10-11-32(20)17-24(39)40/h2-5,20,22,35-36H,6-17H2,1H3,(H,27,41)(H,33,34)(H,37,38)(H,39,40). The average molecular weight is 711 g/mol. The van der Waals surface area contributed by atoms with Crippen molar-refractivity contribution in [1.82, 2.24) is 22.7 Å². The van der Waals surface area contributed by atoms with Gasteiger partial charge in [0.15, 0.2) is 11.4 Å². The Kier molecular flexibility index (Phi) is 15.1. The topological polar surface area (TPSA) is 181 Å². The van der Waals surface area contributed by atoms with Crippen LogP contribution < -0.4 is 5.32 Å². The van der Waals surface area contributed by atoms with E-state index in [-0.39, 0.29) is 52.4 Å². The molecule has 0 spiro atoms. The van der Waals surface area contributed by atoms with Crippen molar-refractivity contribution in [2.24, 2.45) is 0 Å². The van der Waals surface area contributed by atoms with Crippen LogP contribution in [0.3, 0.4) is 0 Å². The highest BCUT2D eigenvalue weighted by atomic mass is 127. The van der Waals surface area contributed by atoms with E-state index in [0.717, 1.165) is 11.3 Å². The molecule has 0 aromatic heterocycles. The third-order valence-corrected chi connectivity index (χ3v) is 7.77. The second kappa shape index (κ2) is 17.7. The molecule has 1 heterocycles. The van der Waals surface area contributed by atoms with Crippen molar-refractivity contribution in [3.05, 3.63) is 29.8 Å². The fraction of sp³-hybridized carbons (Fsp3) is 0.600. The zero-order valence-corrected chi connectivity index (χ0v) is 25.9. The maximum absolute atomic E-state index is 11.9. The number of hydrogen-bond donors (Lipinski definition) is 6. The molecule has 0 amide bonds. The van der Waals surface area contributed by atoms with Gasteiger partial charge in [0.05, 0.1) is 42.5 Å². The van der Waals surface area contributed by atoms with Gasteiger partial charge in [-0.2, -0.15) is 0 Å². The first-order chi connectivity index (χ1) is 19.3. The number of anilines is 1. The zero-order chi connectivity index (χ0) is 30.5. The molecule has 0 aliphatic carbocycles. The number of carboxylic acid groups (broad SMARTS) is 3. The summed E-state index contributed by atoms with van der Waals surface area (Å²) in [5.41, 5.74) is 1.69. The normalized spacial score (nSPS) is 18.8. The molecule has 1 unspecified atom stereocenters. The van der Waals surface area contributed by atoms with E-state index in [9.17, 15) is 39.9 Å². The lowest BCUT2D eigenvalue weighted by molar-refractivity contribution is -0.141. The predicted octanol–water partition coefficient (Wildman–Crippen LogP) is -0.638. The largest absolute Gasteiger partial charge is 0.480 e. The molecule has 16 heteroatoms. The number of aliphatic carboxylic acids is 3. The summed E-state index contributed by atoms with van der Waals surface area (Å²) < 4.78 is 1.74. The summed E-state index contributed by atoms with van der Waals surface area (Å²) in [7, 11) is 1.82. The van der Waals surface area contributed by atoms with Crippen LogP contribution in [0, 0.1) is 0 Å². The van der Waals surface area contributed by atoms with Crippen LogP contribution in [0.5, 0.6) is 0 Å². The number of benzene rings is 1. The molecule has 1 aromatic rings. The fourth-order valence-corrected chi connectivity index (χ4v) is 4.86. The smallest absolute Gasteiger partial charge is 0.317 e. The number of thiocarbonyl (C=S) groups is 1. The van der Waals surface area contributed by atoms with Gasteiger partial charge in [-0.15, -0.1) is 0 Å². The minimum atomic E-state index is -1.61. The summed E-state index contributed by atoms with van der Waals surface area (Å²) in [6.07, 6.45) is -1.19. The van der Waals surface area contributed by atoms with Gasteiger partial charge in [0, 0.05) is 71.1 Å². The highest BCUT2D eigenvalue weighted by Gasteiger charge is 2.27. The van der Waals surface area contributed by atoms with Gasteiger partial charge in [0.25, 0.3) is 0 Å². The first-order valence-electron chi connectivity index (χ1n) is 13.0. The van der Waals surface area contributed by atoms with Crippen LogP contribution >= 0.6 is 35.1 Å². The van der Waals surface area contributed by atoms with Crippen LogP contribution in [-0.2, 0) is 20.8 Å². The van der Waals surface area contributed by atoms with Crippen molar-refractivity contribution in [2.75, 3.05) is 84.4 Å². The van der Waals surface area contributed by atoms with Crippen LogP contribution in [0.2, 0.25) is 0 Å². The number of β-amino-alcohol motifs (C(OH)–C–C–N with tert-alkyl or cyclic N) is 2. The number of carbonyl (C=O) groups is 3. The first-order valence-corrected chi connectivity index (χ1v) is 14.4. The van der Waals surface area contributed by atoms with Gasteiger partial charge in [0.2, 0.25) is 0 Å². The SMILES string of the molecule is CN(I)C(=S)Nc1ccc(CC2CN(CC(=O)O)CCN(CC(=O)O)CCN(CC(O)O)CCN2CC(=O)O)cc1. The molecule has 0 radical (unpaired) electrons. The van der Waals surface area contributed by atoms with Crippen LogP contribution in [0.25, 0.3) is 0 Å². The third-order valence-electron chi connectivity index (χ3n) is 6.59. The summed E-state index contributed by atoms with van der Waals surface area (Å²) in [6.45, 7) is 1.03. The van der Waals surface area contributed by atoms with Crippen LogP contribution in [0.1, 0.15) is 5.56 Å². The van der Waals surface area contributed by atoms with Crippen LogP contribution in [0.4, 0.5) is 5.69 Å². The Balaban J connectivity index is 2.38. The predicted molar refractivity (Wildman–Crippen MR) is 164 cm³/mol. The lowest BCUT2D eigenvalue weighted by Gasteiger charge is -2.38. The summed E-state index contributed by atoms with van der Waals surface area (Å²) in [4.78, 5) is 42.0. The van der Waals surface area contributed by atoms with E-state index in [2.05, 4.69) is 28.2 Å². The monoisotopic (exact) mass is 710 g/mol. The summed E-state index contributed by atoms with van der Waals surface area (Å²) in [6, 6.07) is 7.12. The number of aliphatic hydroxyl groups is 2. The van der Waals surface area contributed by atoms with Crippen LogP contribution in [0.15, 0.2) is 24.3 Å². The molecule has 1 aliphatic rings. The van der Waals surface area contributed by atoms with Gasteiger partial charge < -0.3 is 30.8 Å². The first kappa shape index (κ1) is 35.0. The Morgan fingerprint density at radius 2 is 1.41 bits per heavy atom. The highest BCUT2D eigenvalue weighted by Crippen LogP contribution is 2.16. The highest BCUT2D eigenvalue weighted by molar-refractivity contribution is 14.1. The summed E-state index contributed by atoms with van der Waals surface area (Å²) in [5.74, 6) is -3.10. The molecule has 230 valence electrons. The Bertz CT molecular complexity index is 1020. The van der Waals surface area contributed by atoms with E-state index in [4.69, 9.17) is 12.2 Å². The second-order valence-corrected chi connectivity index (χ2v) is 11.7. The average Bonchev–Trinajstić information content (AvgIpc) is 2.86. The lowest BCUT2D eigenvalue weighted by Crippen LogP contribution is -2.53. The Morgan fingerprint density at radius 3 is 1.95 bits per heavy atom. The molecular weight excluding hydrogens is 671 g/mol. The third kappa shape index (κ3) is 14.0. The molecule has 1 aromatic carbocycles. The Labute approximate surface area is 258 Å². The van der Waals surface area contributed by atoms with Crippen LogP contribution in [-0.4, -0.2) is 163 Å². The van der Waals surface area contributed by atoms with Gasteiger partial charge in [-0.05, 0) is 36.3 Å². The maximum Gasteiger partial charge on any atom is 0.317 e. The number of nitrogens with one attached hydrogen (secondary N) is 1. The molecule has 2 rings (SSSR count). The maximum atomic E-state index is 11.9. The molecule has 6 N–H and O–H groups in total. The van der Waals surface area contributed by atoms with Gasteiger partial charge >= 0.3 is 17.9 Å². The van der Waals surface area contributed by atoms with E-state index in [0.29, 0.717) is 31.2 Å². The molecule has 1 fully saturated rings. The van der Waals surface area contributed by atoms with E-state index in [1.165, 1.54) is 0 Å². The minimum Gasteiger partial charge on any atom is -0.480 e. The fourth-order valence-electron chi connectivity index (χ4n) is 4.62. The molecular formula is C25H39IN6O8S. The molecule has 1 saturated heterocycles. The molecule has 1 aliphatic heterocycles. The van der Waals surface area contributed by atoms with Gasteiger partial charge in [-0.3, -0.25) is 37.1 Å². The van der Waals surface area contributed by atoms with E-state index < -0.39 is 30.2 Å². The quantitative estimate of drug-likeness (QED) is 0.0739. The second-order valence-electron chi connectivity index (χ2n) is 9.91. The molecule has 0 saturated carbocycles. The molecule has 1 atom stereocenters. The van der Waals surface area contributed by atoms with Crippen molar-refractivity contribution in [3.63, 3.8) is 0 Å². The van der Waals surface area contributed by atoms with E-state index in [1.807, 2.05) is 31.3 Å². The molecule has 14 nitrogen and oxygen atoms in total. The lowest BCUT2D eigenvalue weighted by atomic mass is 10.0. The van der Waals surface area contributed by atoms with Gasteiger partial charge in [0.1, 0.15) is 0 Å². The van der Waals surface area contributed by atoms with Crippen molar-refractivity contribution >= 4 is 63.8 Å². The number of halogens is 1. The number of aliphatic hydroxyl groups excluding tert-OH is 1. The zero-order valence-electron chi connectivity index (χ0n) is 22.9. The number of rotatable bonds is 11. The Morgan fingerprint density at radius 1 is 0.902 bits per heavy atom. The van der Waals surface area contributed by atoms with Crippen molar-refractivity contribution < 1.29 is 39.9 Å². The number of nitrogens with zero attached hydrogens (tertiary/aromatic N) is 5. The minimum absolute atomic E-state index is 0.0830. The number of hydrogen-bond acceptors (Lipinski definition) is 10. The number of carboxylic acids is 3. The van der Waals surface area contributed by atoms with Crippen molar-refractivity contribution in [1.29, 1.82) is 0 Å². The molecule has 41 heavy (non-hydrogen) atoms. The van der Waals surface area contributed by atoms with E-state index in [1.54, 1.807) is 22.7 Å². The summed E-state index contributed by atoms with van der Waals surface area (Å²) in [5, 5.41) is 51.5. The molecule has 0 bridgehead atoms.